The van der Waals surface area contributed by atoms with Crippen molar-refractivity contribution in [3.63, 3.8) is 0 Å². The number of aromatic nitrogens is 1. The van der Waals surface area contributed by atoms with Crippen molar-refractivity contribution in [1.29, 1.82) is 0 Å². The van der Waals surface area contributed by atoms with Gasteiger partial charge in [0, 0.05) is 5.56 Å². The molecule has 0 aliphatic carbocycles. The molecule has 0 unspecified atom stereocenters. The molecule has 0 fully saturated rings. The van der Waals surface area contributed by atoms with E-state index in [1.807, 2.05) is 0 Å². The van der Waals surface area contributed by atoms with Crippen LogP contribution in [0.15, 0.2) is 35.2 Å². The first kappa shape index (κ1) is 12.6. The average molecular weight is 261 g/mol. The van der Waals surface area contributed by atoms with Crippen LogP contribution >= 0.6 is 0 Å². The number of nitrogens with two attached hydrogens (primary N) is 1. The van der Waals surface area contributed by atoms with E-state index < -0.39 is 11.8 Å². The van der Waals surface area contributed by atoms with Crippen LogP contribution < -0.4 is 15.8 Å². The Labute approximate surface area is 108 Å². The van der Waals surface area contributed by atoms with Crippen molar-refractivity contribution in [2.75, 3.05) is 12.4 Å². The van der Waals surface area contributed by atoms with E-state index >= 15 is 0 Å². The molecule has 0 aliphatic rings. The molecular weight excluding hydrogens is 250 g/mol. The standard InChI is InChI=1S/C12H11N3O4/c1-18-9-4-7(10-5-14-6-19-10)2-3-8(9)15-12(17)11(13)16/h2-6H,1H3,(H2,13,16)(H,15,17). The largest absolute Gasteiger partial charge is 0.495 e. The van der Waals surface area contributed by atoms with Gasteiger partial charge in [-0.3, -0.25) is 9.59 Å². The summed E-state index contributed by atoms with van der Waals surface area (Å²) in [5.41, 5.74) is 5.94. The Balaban J connectivity index is 2.31. The van der Waals surface area contributed by atoms with E-state index in [2.05, 4.69) is 10.3 Å². The highest BCUT2D eigenvalue weighted by molar-refractivity contribution is 6.39. The fraction of sp³-hybridized carbons (Fsp3) is 0.0833. The topological polar surface area (TPSA) is 107 Å². The third-order valence-electron chi connectivity index (χ3n) is 2.39. The second kappa shape index (κ2) is 5.21. The van der Waals surface area contributed by atoms with Crippen LogP contribution in [-0.4, -0.2) is 23.9 Å². The summed E-state index contributed by atoms with van der Waals surface area (Å²) < 4.78 is 10.3. The minimum atomic E-state index is -1.07. The smallest absolute Gasteiger partial charge is 0.313 e. The van der Waals surface area contributed by atoms with E-state index in [4.69, 9.17) is 14.9 Å². The molecule has 1 aromatic heterocycles. The number of ether oxygens (including phenoxy) is 1. The molecule has 1 heterocycles. The number of amides is 2. The van der Waals surface area contributed by atoms with Crippen molar-refractivity contribution in [2.24, 2.45) is 5.73 Å². The van der Waals surface area contributed by atoms with Crippen molar-refractivity contribution in [2.45, 2.75) is 0 Å². The molecule has 2 amide bonds. The Morgan fingerprint density at radius 1 is 1.42 bits per heavy atom. The fourth-order valence-corrected chi connectivity index (χ4v) is 1.49. The first-order valence-electron chi connectivity index (χ1n) is 5.29. The maximum absolute atomic E-state index is 11.2. The van der Waals surface area contributed by atoms with Gasteiger partial charge in [-0.25, -0.2) is 4.98 Å². The van der Waals surface area contributed by atoms with Gasteiger partial charge in [-0.05, 0) is 18.2 Å². The van der Waals surface area contributed by atoms with Crippen LogP contribution in [0.3, 0.4) is 0 Å². The maximum atomic E-state index is 11.2. The quantitative estimate of drug-likeness (QED) is 0.793. The summed E-state index contributed by atoms with van der Waals surface area (Å²) in [6, 6.07) is 4.92. The van der Waals surface area contributed by atoms with Crippen LogP contribution in [0.5, 0.6) is 5.75 Å². The SMILES string of the molecule is COc1cc(-c2cnco2)ccc1NC(=O)C(N)=O. The zero-order valence-corrected chi connectivity index (χ0v) is 10.0. The average Bonchev–Trinajstić information content (AvgIpc) is 2.93. The van der Waals surface area contributed by atoms with Gasteiger partial charge in [0.05, 0.1) is 19.0 Å². The van der Waals surface area contributed by atoms with E-state index in [-0.39, 0.29) is 0 Å². The van der Waals surface area contributed by atoms with Crippen molar-refractivity contribution >= 4 is 17.5 Å². The monoisotopic (exact) mass is 261 g/mol. The lowest BCUT2D eigenvalue weighted by atomic mass is 10.1. The minimum Gasteiger partial charge on any atom is -0.495 e. The molecule has 1 aromatic carbocycles. The number of methoxy groups -OCH3 is 1. The molecule has 7 heteroatoms. The number of carbonyl (C=O) groups is 2. The first-order chi connectivity index (χ1) is 9.11. The van der Waals surface area contributed by atoms with Crippen LogP contribution in [0, 0.1) is 0 Å². The number of primary amides is 1. The van der Waals surface area contributed by atoms with E-state index in [0.717, 1.165) is 5.56 Å². The van der Waals surface area contributed by atoms with Crippen molar-refractivity contribution in [1.82, 2.24) is 4.98 Å². The van der Waals surface area contributed by atoms with Gasteiger partial charge >= 0.3 is 11.8 Å². The van der Waals surface area contributed by atoms with Gasteiger partial charge in [0.2, 0.25) is 0 Å². The van der Waals surface area contributed by atoms with Crippen LogP contribution in [0.25, 0.3) is 11.3 Å². The minimum absolute atomic E-state index is 0.342. The summed E-state index contributed by atoms with van der Waals surface area (Å²) in [7, 11) is 1.44. The summed E-state index contributed by atoms with van der Waals surface area (Å²) >= 11 is 0. The second-order valence-corrected chi connectivity index (χ2v) is 3.60. The highest BCUT2D eigenvalue weighted by Gasteiger charge is 2.13. The molecule has 7 nitrogen and oxygen atoms in total. The van der Waals surface area contributed by atoms with Crippen LogP contribution in [-0.2, 0) is 9.59 Å². The van der Waals surface area contributed by atoms with E-state index in [1.165, 1.54) is 13.5 Å². The van der Waals surface area contributed by atoms with Crippen LogP contribution in [0.4, 0.5) is 5.69 Å². The lowest BCUT2D eigenvalue weighted by Gasteiger charge is -2.10. The van der Waals surface area contributed by atoms with Crippen molar-refractivity contribution in [3.8, 4) is 17.1 Å². The Morgan fingerprint density at radius 2 is 2.21 bits per heavy atom. The predicted molar refractivity (Wildman–Crippen MR) is 66.3 cm³/mol. The predicted octanol–water partition coefficient (Wildman–Crippen LogP) is 0.774. The van der Waals surface area contributed by atoms with Gasteiger partial charge in [-0.15, -0.1) is 0 Å². The zero-order valence-electron chi connectivity index (χ0n) is 10.0. The third kappa shape index (κ3) is 2.71. The molecule has 0 saturated heterocycles. The number of carbonyl (C=O) groups excluding carboxylic acids is 2. The van der Waals surface area contributed by atoms with E-state index in [0.29, 0.717) is 17.2 Å². The molecule has 0 bridgehead atoms. The molecule has 0 radical (unpaired) electrons. The molecule has 0 saturated carbocycles. The lowest BCUT2D eigenvalue weighted by molar-refractivity contribution is -0.134. The summed E-state index contributed by atoms with van der Waals surface area (Å²) in [5, 5.41) is 2.35. The van der Waals surface area contributed by atoms with Crippen molar-refractivity contribution < 1.29 is 18.7 Å². The molecule has 0 atom stereocenters. The van der Waals surface area contributed by atoms with Gasteiger partial charge in [0.1, 0.15) is 5.75 Å². The molecule has 0 aliphatic heterocycles. The third-order valence-corrected chi connectivity index (χ3v) is 2.39. The fourth-order valence-electron chi connectivity index (χ4n) is 1.49. The number of hydrogen-bond donors (Lipinski definition) is 2. The molecular formula is C12H11N3O4. The molecule has 19 heavy (non-hydrogen) atoms. The number of hydrogen-bond acceptors (Lipinski definition) is 5. The van der Waals surface area contributed by atoms with Gasteiger partial charge in [0.25, 0.3) is 0 Å². The summed E-state index contributed by atoms with van der Waals surface area (Å²) in [5.74, 6) is -1.04. The highest BCUT2D eigenvalue weighted by atomic mass is 16.5. The number of nitrogens with one attached hydrogen (secondary N) is 1. The molecule has 3 N–H and O–H groups in total. The summed E-state index contributed by atoms with van der Waals surface area (Å²) in [6.45, 7) is 0. The van der Waals surface area contributed by atoms with E-state index in [9.17, 15) is 9.59 Å². The molecule has 2 aromatic rings. The highest BCUT2D eigenvalue weighted by Crippen LogP contribution is 2.30. The van der Waals surface area contributed by atoms with Gasteiger partial charge in [0.15, 0.2) is 12.2 Å². The summed E-state index contributed by atoms with van der Waals surface area (Å²) in [6.07, 6.45) is 2.86. The number of benzene rings is 1. The molecule has 2 rings (SSSR count). The molecule has 0 spiro atoms. The van der Waals surface area contributed by atoms with Crippen LogP contribution in [0.2, 0.25) is 0 Å². The van der Waals surface area contributed by atoms with E-state index in [1.54, 1.807) is 24.4 Å². The Bertz CT molecular complexity index is 607. The zero-order chi connectivity index (χ0) is 13.8. The normalized spacial score (nSPS) is 9.95. The number of nitrogens with zero attached hydrogens (tertiary/aromatic N) is 1. The second-order valence-electron chi connectivity index (χ2n) is 3.60. The molecule has 98 valence electrons. The van der Waals surface area contributed by atoms with Crippen LogP contribution in [0.1, 0.15) is 0 Å². The Hall–Kier alpha value is -2.83. The van der Waals surface area contributed by atoms with Gasteiger partial charge in [-0.2, -0.15) is 0 Å². The summed E-state index contributed by atoms with van der Waals surface area (Å²) in [4.78, 5) is 25.7. The maximum Gasteiger partial charge on any atom is 0.313 e. The number of anilines is 1. The number of oxazole rings is 1. The number of rotatable bonds is 3. The lowest BCUT2D eigenvalue weighted by Crippen LogP contribution is -2.29. The Kier molecular flexibility index (Phi) is 3.46. The van der Waals surface area contributed by atoms with Crippen molar-refractivity contribution in [3.05, 3.63) is 30.8 Å². The van der Waals surface area contributed by atoms with Gasteiger partial charge < -0.3 is 20.2 Å². The van der Waals surface area contributed by atoms with Gasteiger partial charge in [-0.1, -0.05) is 0 Å². The first-order valence-corrected chi connectivity index (χ1v) is 5.29. The Morgan fingerprint density at radius 3 is 2.79 bits per heavy atom.